The maximum absolute atomic E-state index is 13.0. The van der Waals surface area contributed by atoms with Gasteiger partial charge in [-0.3, -0.25) is 4.79 Å². The Kier molecular flexibility index (Phi) is 5.02. The van der Waals surface area contributed by atoms with Gasteiger partial charge in [0, 0.05) is 5.39 Å². The van der Waals surface area contributed by atoms with Gasteiger partial charge in [0.25, 0.3) is 5.91 Å². The lowest BCUT2D eigenvalue weighted by atomic mass is 10.0. The van der Waals surface area contributed by atoms with E-state index in [1.54, 1.807) is 10.9 Å². The Morgan fingerprint density at radius 3 is 2.42 bits per heavy atom. The summed E-state index contributed by atoms with van der Waals surface area (Å²) in [7, 11) is 0. The van der Waals surface area contributed by atoms with Crippen molar-refractivity contribution in [2.45, 2.75) is 12.6 Å². The van der Waals surface area contributed by atoms with Crippen molar-refractivity contribution in [2.24, 2.45) is 0 Å². The van der Waals surface area contributed by atoms with Gasteiger partial charge in [0.2, 0.25) is 0 Å². The van der Waals surface area contributed by atoms with Crippen LogP contribution in [0.4, 0.5) is 0 Å². The van der Waals surface area contributed by atoms with Gasteiger partial charge in [-0.05, 0) is 23.3 Å². The minimum Gasteiger partial charge on any atom is -0.459 e. The molecule has 0 bridgehead atoms. The monoisotopic (exact) mass is 408 g/mol. The van der Waals surface area contributed by atoms with Crippen molar-refractivity contribution in [1.82, 2.24) is 20.3 Å². The van der Waals surface area contributed by atoms with Crippen molar-refractivity contribution in [3.8, 4) is 0 Å². The predicted molar refractivity (Wildman–Crippen MR) is 118 cm³/mol. The number of benzene rings is 3. The molecule has 0 radical (unpaired) electrons. The van der Waals surface area contributed by atoms with Crippen LogP contribution in [0.3, 0.4) is 0 Å². The lowest BCUT2D eigenvalue weighted by Gasteiger charge is -2.16. The second-order valence-electron chi connectivity index (χ2n) is 7.29. The summed E-state index contributed by atoms with van der Waals surface area (Å²) in [5.41, 5.74) is 3.05. The van der Waals surface area contributed by atoms with Crippen LogP contribution in [0, 0.1) is 0 Å². The maximum Gasteiger partial charge on any atom is 0.274 e. The Bertz CT molecular complexity index is 1280. The van der Waals surface area contributed by atoms with Crippen LogP contribution in [0.1, 0.15) is 33.4 Å². The SMILES string of the molecule is O=C(NC(c1ccccc1)c1cc2ccccc2o1)c1cn(Cc2ccccc2)nn1. The molecule has 5 aromatic rings. The van der Waals surface area contributed by atoms with E-state index in [9.17, 15) is 4.79 Å². The standard InChI is InChI=1S/C25H20N4O2/c30-25(21-17-29(28-27-21)16-18-9-3-1-4-10-18)26-24(19-11-5-2-6-12-19)23-15-20-13-7-8-14-22(20)31-23/h1-15,17,24H,16H2,(H,26,30). The number of carbonyl (C=O) groups excluding carboxylic acids is 1. The second kappa shape index (κ2) is 8.28. The van der Waals surface area contributed by atoms with E-state index in [1.807, 2.05) is 91.0 Å². The summed E-state index contributed by atoms with van der Waals surface area (Å²) in [6, 6.07) is 29.0. The van der Waals surface area contributed by atoms with Crippen molar-refractivity contribution >= 4 is 16.9 Å². The zero-order chi connectivity index (χ0) is 21.0. The van der Waals surface area contributed by atoms with Gasteiger partial charge in [-0.2, -0.15) is 0 Å². The molecule has 6 nitrogen and oxygen atoms in total. The van der Waals surface area contributed by atoms with Crippen LogP contribution in [0.2, 0.25) is 0 Å². The van der Waals surface area contributed by atoms with Crippen molar-refractivity contribution < 1.29 is 9.21 Å². The Hall–Kier alpha value is -4.19. The molecule has 6 heteroatoms. The minimum atomic E-state index is -0.444. The first-order chi connectivity index (χ1) is 15.3. The van der Waals surface area contributed by atoms with Crippen molar-refractivity contribution in [2.75, 3.05) is 0 Å². The quantitative estimate of drug-likeness (QED) is 0.446. The zero-order valence-electron chi connectivity index (χ0n) is 16.7. The lowest BCUT2D eigenvalue weighted by molar-refractivity contribution is 0.0934. The summed E-state index contributed by atoms with van der Waals surface area (Å²) in [6.45, 7) is 0.548. The summed E-state index contributed by atoms with van der Waals surface area (Å²) in [6.07, 6.45) is 1.66. The number of hydrogen-bond donors (Lipinski definition) is 1. The van der Waals surface area contributed by atoms with Gasteiger partial charge in [0.05, 0.1) is 12.7 Å². The highest BCUT2D eigenvalue weighted by atomic mass is 16.3. The Balaban J connectivity index is 1.41. The predicted octanol–water partition coefficient (Wildman–Crippen LogP) is 4.59. The van der Waals surface area contributed by atoms with Gasteiger partial charge in [0.15, 0.2) is 5.69 Å². The van der Waals surface area contributed by atoms with E-state index in [0.29, 0.717) is 12.3 Å². The number of furan rings is 1. The largest absolute Gasteiger partial charge is 0.459 e. The van der Waals surface area contributed by atoms with Crippen molar-refractivity contribution in [1.29, 1.82) is 0 Å². The molecule has 0 fully saturated rings. The van der Waals surface area contributed by atoms with Crippen LogP contribution in [0.5, 0.6) is 0 Å². The van der Waals surface area contributed by atoms with Crippen LogP contribution >= 0.6 is 0 Å². The summed E-state index contributed by atoms with van der Waals surface area (Å²) >= 11 is 0. The third-order valence-electron chi connectivity index (χ3n) is 5.10. The van der Waals surface area contributed by atoms with Crippen LogP contribution in [-0.4, -0.2) is 20.9 Å². The summed E-state index contributed by atoms with van der Waals surface area (Å²) in [5.74, 6) is 0.353. The lowest BCUT2D eigenvalue weighted by Crippen LogP contribution is -2.29. The highest BCUT2D eigenvalue weighted by Crippen LogP contribution is 2.28. The maximum atomic E-state index is 13.0. The molecule has 2 heterocycles. The van der Waals surface area contributed by atoms with Gasteiger partial charge in [-0.25, -0.2) is 4.68 Å². The fraction of sp³-hybridized carbons (Fsp3) is 0.0800. The fourth-order valence-electron chi connectivity index (χ4n) is 3.56. The number of carbonyl (C=O) groups is 1. The first-order valence-corrected chi connectivity index (χ1v) is 10.0. The van der Waals surface area contributed by atoms with Crippen molar-refractivity contribution in [3.63, 3.8) is 0 Å². The normalized spacial score (nSPS) is 12.0. The average Bonchev–Trinajstić information content (AvgIpc) is 3.45. The Labute approximate surface area is 179 Å². The molecule has 2 aromatic heterocycles. The molecule has 0 spiro atoms. The van der Waals surface area contributed by atoms with Gasteiger partial charge in [0.1, 0.15) is 17.4 Å². The third kappa shape index (κ3) is 4.09. The van der Waals surface area contributed by atoms with Crippen LogP contribution in [0.15, 0.2) is 102 Å². The summed E-state index contributed by atoms with van der Waals surface area (Å²) < 4.78 is 7.71. The number of nitrogens with zero attached hydrogens (tertiary/aromatic N) is 3. The van der Waals surface area contributed by atoms with Gasteiger partial charge < -0.3 is 9.73 Å². The highest BCUT2D eigenvalue weighted by molar-refractivity contribution is 5.92. The molecule has 31 heavy (non-hydrogen) atoms. The molecule has 152 valence electrons. The first-order valence-electron chi connectivity index (χ1n) is 10.0. The van der Waals surface area contributed by atoms with E-state index in [1.165, 1.54) is 0 Å². The zero-order valence-corrected chi connectivity index (χ0v) is 16.7. The van der Waals surface area contributed by atoms with E-state index in [0.717, 1.165) is 22.1 Å². The molecule has 0 aliphatic rings. The molecule has 3 aromatic carbocycles. The number of amides is 1. The van der Waals surface area contributed by atoms with Crippen LogP contribution in [-0.2, 0) is 6.54 Å². The van der Waals surface area contributed by atoms with E-state index in [4.69, 9.17) is 4.42 Å². The van der Waals surface area contributed by atoms with Crippen LogP contribution < -0.4 is 5.32 Å². The van der Waals surface area contributed by atoms with Gasteiger partial charge in [-0.1, -0.05) is 84.1 Å². The second-order valence-corrected chi connectivity index (χ2v) is 7.29. The molecule has 1 unspecified atom stereocenters. The number of hydrogen-bond acceptors (Lipinski definition) is 4. The molecular formula is C25H20N4O2. The summed E-state index contributed by atoms with van der Waals surface area (Å²) in [4.78, 5) is 13.0. The summed E-state index contributed by atoms with van der Waals surface area (Å²) in [5, 5.41) is 12.2. The first kappa shape index (κ1) is 18.8. The molecular weight excluding hydrogens is 388 g/mol. The van der Waals surface area contributed by atoms with Crippen molar-refractivity contribution in [3.05, 3.63) is 120 Å². The molecule has 0 aliphatic heterocycles. The molecule has 1 amide bonds. The highest BCUT2D eigenvalue weighted by Gasteiger charge is 2.23. The molecule has 0 saturated carbocycles. The average molecular weight is 408 g/mol. The van der Waals surface area contributed by atoms with E-state index < -0.39 is 6.04 Å². The van der Waals surface area contributed by atoms with E-state index in [-0.39, 0.29) is 11.6 Å². The van der Waals surface area contributed by atoms with Crippen LogP contribution in [0.25, 0.3) is 11.0 Å². The molecule has 0 aliphatic carbocycles. The number of nitrogens with one attached hydrogen (secondary N) is 1. The number of fused-ring (bicyclic) bond motifs is 1. The van der Waals surface area contributed by atoms with E-state index in [2.05, 4.69) is 15.6 Å². The van der Waals surface area contributed by atoms with Gasteiger partial charge in [-0.15, -0.1) is 5.10 Å². The number of para-hydroxylation sites is 1. The number of rotatable bonds is 6. The van der Waals surface area contributed by atoms with Gasteiger partial charge >= 0.3 is 0 Å². The molecule has 1 atom stereocenters. The van der Waals surface area contributed by atoms with E-state index >= 15 is 0 Å². The smallest absolute Gasteiger partial charge is 0.274 e. The molecule has 5 rings (SSSR count). The minimum absolute atomic E-state index is 0.257. The topological polar surface area (TPSA) is 73.0 Å². The molecule has 0 saturated heterocycles. The molecule has 1 N–H and O–H groups in total. The Morgan fingerprint density at radius 1 is 0.935 bits per heavy atom. The Morgan fingerprint density at radius 2 is 1.65 bits per heavy atom. The fourth-order valence-corrected chi connectivity index (χ4v) is 3.56. The number of aromatic nitrogens is 3. The third-order valence-corrected chi connectivity index (χ3v) is 5.10.